The molecule has 1 aliphatic heterocycles. The molecule has 1 aromatic carbocycles. The monoisotopic (exact) mass is 490 g/mol. The van der Waals surface area contributed by atoms with Crippen LogP contribution in [0.1, 0.15) is 33.3 Å². The van der Waals surface area contributed by atoms with Crippen molar-refractivity contribution >= 4 is 24.1 Å². The zero-order chi connectivity index (χ0) is 25.8. The lowest BCUT2D eigenvalue weighted by atomic mass is 10.2. The SMILES string of the molecule is CC1CNC(=O)NC(C)CNC(=O)N(Cc2ccccc2)C(C)CNC(=O)N[C@H](C)CNC(=O)N1. The van der Waals surface area contributed by atoms with Gasteiger partial charge in [-0.05, 0) is 33.3 Å². The van der Waals surface area contributed by atoms with Gasteiger partial charge in [-0.3, -0.25) is 0 Å². The Bertz CT molecular complexity index is 853. The number of carbonyl (C=O) groups excluding carboxylic acids is 4. The molecule has 2 rings (SSSR count). The van der Waals surface area contributed by atoms with Crippen molar-refractivity contribution in [2.75, 3.05) is 26.2 Å². The molecule has 0 bridgehead atoms. The van der Waals surface area contributed by atoms with Crippen LogP contribution in [0.5, 0.6) is 0 Å². The van der Waals surface area contributed by atoms with E-state index in [4.69, 9.17) is 0 Å². The molecule has 0 aromatic heterocycles. The summed E-state index contributed by atoms with van der Waals surface area (Å²) in [6.07, 6.45) is 0. The molecular weight excluding hydrogens is 452 g/mol. The molecule has 1 aliphatic rings. The Morgan fingerprint density at radius 1 is 0.657 bits per heavy atom. The molecule has 12 nitrogen and oxygen atoms in total. The fourth-order valence-corrected chi connectivity index (χ4v) is 3.37. The first-order valence-electron chi connectivity index (χ1n) is 11.9. The summed E-state index contributed by atoms with van der Waals surface area (Å²) in [6.45, 7) is 8.37. The maximum Gasteiger partial charge on any atom is 0.318 e. The largest absolute Gasteiger partial charge is 0.336 e. The molecule has 0 saturated carbocycles. The van der Waals surface area contributed by atoms with Crippen LogP contribution in [0.3, 0.4) is 0 Å². The molecule has 35 heavy (non-hydrogen) atoms. The second-order valence-electron chi connectivity index (χ2n) is 8.91. The van der Waals surface area contributed by atoms with Crippen LogP contribution in [-0.2, 0) is 6.54 Å². The van der Waals surface area contributed by atoms with E-state index in [1.807, 2.05) is 37.3 Å². The van der Waals surface area contributed by atoms with Crippen LogP contribution in [0.2, 0.25) is 0 Å². The van der Waals surface area contributed by atoms with Crippen molar-refractivity contribution in [3.63, 3.8) is 0 Å². The van der Waals surface area contributed by atoms with Crippen LogP contribution in [-0.4, -0.2) is 79.4 Å². The van der Waals surface area contributed by atoms with Crippen LogP contribution in [0.15, 0.2) is 30.3 Å². The fraction of sp³-hybridized carbons (Fsp3) is 0.565. The van der Waals surface area contributed by atoms with Crippen LogP contribution in [0.4, 0.5) is 19.2 Å². The topological polar surface area (TPSA) is 156 Å². The molecule has 0 spiro atoms. The number of hydrogen-bond acceptors (Lipinski definition) is 4. The van der Waals surface area contributed by atoms with Crippen LogP contribution < -0.4 is 37.2 Å². The van der Waals surface area contributed by atoms with Gasteiger partial charge in [0.05, 0.1) is 0 Å². The van der Waals surface area contributed by atoms with E-state index in [1.165, 1.54) is 0 Å². The molecule has 4 atom stereocenters. The molecule has 1 saturated heterocycles. The molecular formula is C23H38N8O4. The van der Waals surface area contributed by atoms with Crippen LogP contribution in [0.25, 0.3) is 0 Å². The highest BCUT2D eigenvalue weighted by atomic mass is 16.2. The lowest BCUT2D eigenvalue weighted by Gasteiger charge is -2.30. The van der Waals surface area contributed by atoms with Crippen molar-refractivity contribution in [1.82, 2.24) is 42.1 Å². The van der Waals surface area contributed by atoms with Gasteiger partial charge in [-0.2, -0.15) is 0 Å². The number of carbonyl (C=O) groups is 4. The summed E-state index contributed by atoms with van der Waals surface area (Å²) in [5.74, 6) is 0. The highest BCUT2D eigenvalue weighted by Gasteiger charge is 2.22. The maximum absolute atomic E-state index is 13.1. The number of hydrogen-bond donors (Lipinski definition) is 7. The van der Waals surface area contributed by atoms with Crippen molar-refractivity contribution in [1.29, 1.82) is 0 Å². The van der Waals surface area contributed by atoms with Crippen molar-refractivity contribution in [2.24, 2.45) is 0 Å². The van der Waals surface area contributed by atoms with Crippen molar-refractivity contribution in [2.45, 2.75) is 58.4 Å². The average Bonchev–Trinajstić information content (AvgIpc) is 2.82. The van der Waals surface area contributed by atoms with Gasteiger partial charge >= 0.3 is 24.1 Å². The van der Waals surface area contributed by atoms with Gasteiger partial charge in [0, 0.05) is 56.9 Å². The minimum absolute atomic E-state index is 0.214. The van der Waals surface area contributed by atoms with Crippen LogP contribution in [0, 0.1) is 0 Å². The smallest absolute Gasteiger partial charge is 0.318 e. The summed E-state index contributed by atoms with van der Waals surface area (Å²) >= 11 is 0. The number of rotatable bonds is 2. The van der Waals surface area contributed by atoms with E-state index in [1.54, 1.807) is 25.7 Å². The summed E-state index contributed by atoms with van der Waals surface area (Å²) < 4.78 is 0. The van der Waals surface area contributed by atoms with E-state index >= 15 is 0 Å². The molecule has 0 aliphatic carbocycles. The lowest BCUT2D eigenvalue weighted by molar-refractivity contribution is 0.172. The van der Waals surface area contributed by atoms with Crippen molar-refractivity contribution < 1.29 is 19.2 Å². The van der Waals surface area contributed by atoms with E-state index in [0.717, 1.165) is 5.56 Å². The third kappa shape index (κ3) is 10.4. The quantitative estimate of drug-likeness (QED) is 0.325. The minimum atomic E-state index is -0.399. The van der Waals surface area contributed by atoms with Gasteiger partial charge in [0.25, 0.3) is 0 Å². The standard InChI is InChI=1S/C23H38N8O4/c1-15-10-25-21(33)30-17(3)12-27-23(35)31(14-19-8-6-5-7-9-19)18(4)13-26-22(34)29-16(2)11-24-20(32)28-15/h5-9,15-18H,10-14H2,1-4H3,(H,27,35)(H2,24,28,32)(H2,25,30,33)(H2,26,29,34)/t15?,16-,17?,18?/m1/s1. The lowest BCUT2D eigenvalue weighted by Crippen LogP contribution is -2.55. The van der Waals surface area contributed by atoms with E-state index < -0.39 is 18.1 Å². The van der Waals surface area contributed by atoms with Gasteiger partial charge in [-0.25, -0.2) is 19.2 Å². The van der Waals surface area contributed by atoms with Gasteiger partial charge in [0.2, 0.25) is 0 Å². The third-order valence-corrected chi connectivity index (χ3v) is 5.38. The van der Waals surface area contributed by atoms with Gasteiger partial charge in [-0.1, -0.05) is 30.3 Å². The Kier molecular flexibility index (Phi) is 10.9. The Labute approximate surface area is 206 Å². The molecule has 1 fully saturated rings. The highest BCUT2D eigenvalue weighted by Crippen LogP contribution is 2.09. The molecule has 12 heteroatoms. The fourth-order valence-electron chi connectivity index (χ4n) is 3.37. The average molecular weight is 491 g/mol. The maximum atomic E-state index is 13.1. The van der Waals surface area contributed by atoms with Gasteiger partial charge in [0.1, 0.15) is 0 Å². The molecule has 3 unspecified atom stereocenters. The normalized spacial score (nSPS) is 26.0. The van der Waals surface area contributed by atoms with E-state index in [-0.39, 0.29) is 56.4 Å². The van der Waals surface area contributed by atoms with Gasteiger partial charge < -0.3 is 42.1 Å². The van der Waals surface area contributed by atoms with Gasteiger partial charge in [-0.15, -0.1) is 0 Å². The first-order chi connectivity index (χ1) is 16.6. The summed E-state index contributed by atoms with van der Waals surface area (Å²) in [5.41, 5.74) is 0.950. The summed E-state index contributed by atoms with van der Waals surface area (Å²) in [4.78, 5) is 51.3. The van der Waals surface area contributed by atoms with Crippen molar-refractivity contribution in [3.8, 4) is 0 Å². The molecule has 194 valence electrons. The molecule has 7 N–H and O–H groups in total. The molecule has 1 heterocycles. The van der Waals surface area contributed by atoms with E-state index in [0.29, 0.717) is 6.54 Å². The number of benzene rings is 1. The predicted molar refractivity (Wildman–Crippen MR) is 133 cm³/mol. The number of nitrogens with one attached hydrogen (secondary N) is 7. The second-order valence-corrected chi connectivity index (χ2v) is 8.91. The number of amides is 8. The zero-order valence-corrected chi connectivity index (χ0v) is 20.8. The van der Waals surface area contributed by atoms with E-state index in [2.05, 4.69) is 37.2 Å². The summed E-state index contributed by atoms with van der Waals surface area (Å²) in [6, 6.07) is 6.76. The molecule has 0 radical (unpaired) electrons. The third-order valence-electron chi connectivity index (χ3n) is 5.38. The molecule has 8 amide bonds. The Hall–Kier alpha value is -3.70. The first-order valence-corrected chi connectivity index (χ1v) is 11.9. The summed E-state index contributed by atoms with van der Waals surface area (Å²) in [5, 5.41) is 19.3. The highest BCUT2D eigenvalue weighted by molar-refractivity contribution is 5.77. The second kappa shape index (κ2) is 13.9. The predicted octanol–water partition coefficient (Wildman–Crippen LogP) is 0.663. The van der Waals surface area contributed by atoms with E-state index in [9.17, 15) is 19.2 Å². The Balaban J connectivity index is 2.10. The summed E-state index contributed by atoms with van der Waals surface area (Å²) in [7, 11) is 0. The number of urea groups is 4. The zero-order valence-electron chi connectivity index (χ0n) is 20.8. The molecule has 1 aromatic rings. The first kappa shape index (κ1) is 27.5. The minimum Gasteiger partial charge on any atom is -0.336 e. The Morgan fingerprint density at radius 3 is 1.57 bits per heavy atom. The van der Waals surface area contributed by atoms with Gasteiger partial charge in [0.15, 0.2) is 0 Å². The van der Waals surface area contributed by atoms with Crippen LogP contribution >= 0.6 is 0 Å². The Morgan fingerprint density at radius 2 is 1.09 bits per heavy atom. The number of nitrogens with zero attached hydrogens (tertiary/aromatic N) is 1. The van der Waals surface area contributed by atoms with Crippen molar-refractivity contribution in [3.05, 3.63) is 35.9 Å².